The van der Waals surface area contributed by atoms with Crippen LogP contribution in [0.1, 0.15) is 35.7 Å². The Labute approximate surface area is 173 Å². The number of thiophene rings is 1. The van der Waals surface area contributed by atoms with Gasteiger partial charge in [0.2, 0.25) is 0 Å². The first-order valence-electron chi connectivity index (χ1n) is 9.39. The lowest BCUT2D eigenvalue weighted by atomic mass is 9.94. The van der Waals surface area contributed by atoms with E-state index in [2.05, 4.69) is 23.1 Å². The molecule has 1 aliphatic heterocycles. The van der Waals surface area contributed by atoms with Crippen LogP contribution in [0.4, 0.5) is 0 Å². The molecule has 0 amide bonds. The van der Waals surface area contributed by atoms with Crippen LogP contribution in [0.25, 0.3) is 10.1 Å². The molecule has 1 saturated heterocycles. The smallest absolute Gasteiger partial charge is 0.320 e. The fourth-order valence-corrected chi connectivity index (χ4v) is 5.47. The summed E-state index contributed by atoms with van der Waals surface area (Å²) in [6.45, 7) is 0.728. The zero-order chi connectivity index (χ0) is 19.7. The monoisotopic (exact) mass is 415 g/mol. The second kappa shape index (κ2) is 8.11. The standard InChI is InChI=1S/C22H22ClNO3S/c1-27-18-10-9-15(23)13-16(18)21(24-11-5-4-7-17(24)22(25)26)20-12-14-6-2-3-8-19(14)28-20/h2-3,6,8-10,12-13,17,21H,4-5,7,11H2,1H3,(H,25,26). The number of fused-ring (bicyclic) bond motifs is 1. The number of hydrogen-bond acceptors (Lipinski definition) is 4. The maximum absolute atomic E-state index is 12.0. The predicted octanol–water partition coefficient (Wildman–Crippen LogP) is 5.59. The number of likely N-dealkylation sites (tertiary alicyclic amines) is 1. The van der Waals surface area contributed by atoms with Gasteiger partial charge in [-0.25, -0.2) is 0 Å². The molecule has 6 heteroatoms. The van der Waals surface area contributed by atoms with Gasteiger partial charge in [-0.3, -0.25) is 9.69 Å². The number of hydrogen-bond donors (Lipinski definition) is 1. The molecule has 146 valence electrons. The number of methoxy groups -OCH3 is 1. The summed E-state index contributed by atoms with van der Waals surface area (Å²) in [5.41, 5.74) is 0.912. The van der Waals surface area contributed by atoms with Crippen LogP contribution in [0.2, 0.25) is 5.02 Å². The lowest BCUT2D eigenvalue weighted by molar-refractivity contribution is -0.145. The molecule has 0 radical (unpaired) electrons. The molecule has 4 rings (SSSR count). The van der Waals surface area contributed by atoms with Crippen molar-refractivity contribution in [3.8, 4) is 5.75 Å². The van der Waals surface area contributed by atoms with Crippen LogP contribution < -0.4 is 4.74 Å². The summed E-state index contributed by atoms with van der Waals surface area (Å²) in [7, 11) is 1.64. The third kappa shape index (κ3) is 3.62. The molecule has 1 N–H and O–H groups in total. The van der Waals surface area contributed by atoms with Crippen LogP contribution in [0.15, 0.2) is 48.5 Å². The van der Waals surface area contributed by atoms with E-state index in [0.717, 1.165) is 41.0 Å². The highest BCUT2D eigenvalue weighted by Gasteiger charge is 2.37. The van der Waals surface area contributed by atoms with Crippen LogP contribution in [-0.4, -0.2) is 35.7 Å². The Kier molecular flexibility index (Phi) is 5.58. The van der Waals surface area contributed by atoms with Crippen molar-refractivity contribution in [2.75, 3.05) is 13.7 Å². The number of carboxylic acid groups (broad SMARTS) is 1. The van der Waals surface area contributed by atoms with Gasteiger partial charge in [0, 0.05) is 20.2 Å². The Morgan fingerprint density at radius 3 is 2.82 bits per heavy atom. The second-order valence-corrected chi connectivity index (χ2v) is 8.61. The molecule has 1 fully saturated rings. The van der Waals surface area contributed by atoms with Gasteiger partial charge in [0.1, 0.15) is 11.8 Å². The van der Waals surface area contributed by atoms with Crippen molar-refractivity contribution in [1.29, 1.82) is 0 Å². The van der Waals surface area contributed by atoms with Gasteiger partial charge < -0.3 is 9.84 Å². The number of piperidine rings is 1. The molecule has 2 aromatic carbocycles. The minimum Gasteiger partial charge on any atom is -0.496 e. The average molecular weight is 416 g/mol. The maximum Gasteiger partial charge on any atom is 0.320 e. The highest BCUT2D eigenvalue weighted by molar-refractivity contribution is 7.19. The summed E-state index contributed by atoms with van der Waals surface area (Å²) < 4.78 is 6.82. The van der Waals surface area contributed by atoms with Crippen molar-refractivity contribution in [2.45, 2.75) is 31.3 Å². The second-order valence-electron chi connectivity index (χ2n) is 7.06. The zero-order valence-corrected chi connectivity index (χ0v) is 17.2. The van der Waals surface area contributed by atoms with Gasteiger partial charge in [-0.05, 0) is 55.1 Å². The summed E-state index contributed by atoms with van der Waals surface area (Å²) in [6.07, 6.45) is 2.56. The quantitative estimate of drug-likeness (QED) is 0.590. The Hall–Kier alpha value is -2.08. The Morgan fingerprint density at radius 2 is 2.07 bits per heavy atom. The lowest BCUT2D eigenvalue weighted by Gasteiger charge is -2.39. The van der Waals surface area contributed by atoms with E-state index in [4.69, 9.17) is 16.3 Å². The lowest BCUT2D eigenvalue weighted by Crippen LogP contribution is -2.46. The van der Waals surface area contributed by atoms with E-state index < -0.39 is 12.0 Å². The van der Waals surface area contributed by atoms with Crippen LogP contribution >= 0.6 is 22.9 Å². The molecular weight excluding hydrogens is 394 g/mol. The number of carbonyl (C=O) groups is 1. The highest BCUT2D eigenvalue weighted by atomic mass is 35.5. The van der Waals surface area contributed by atoms with Crippen molar-refractivity contribution in [3.05, 3.63) is 64.0 Å². The van der Waals surface area contributed by atoms with E-state index in [1.165, 1.54) is 4.70 Å². The van der Waals surface area contributed by atoms with Gasteiger partial charge in [0.25, 0.3) is 0 Å². The van der Waals surface area contributed by atoms with E-state index >= 15 is 0 Å². The first-order valence-corrected chi connectivity index (χ1v) is 10.6. The minimum absolute atomic E-state index is 0.215. The normalized spacial score (nSPS) is 18.9. The Bertz CT molecular complexity index is 969. The first kappa shape index (κ1) is 19.2. The van der Waals surface area contributed by atoms with Gasteiger partial charge in [0.05, 0.1) is 13.2 Å². The van der Waals surface area contributed by atoms with Crippen LogP contribution in [0, 0.1) is 0 Å². The Morgan fingerprint density at radius 1 is 1.25 bits per heavy atom. The van der Waals surface area contributed by atoms with Gasteiger partial charge in [0.15, 0.2) is 0 Å². The van der Waals surface area contributed by atoms with Crippen molar-refractivity contribution < 1.29 is 14.6 Å². The van der Waals surface area contributed by atoms with E-state index in [0.29, 0.717) is 11.4 Å². The fourth-order valence-electron chi connectivity index (χ4n) is 4.08. The van der Waals surface area contributed by atoms with Crippen LogP contribution in [-0.2, 0) is 4.79 Å². The number of rotatable bonds is 5. The third-order valence-corrected chi connectivity index (χ3v) is 6.76. The molecule has 0 spiro atoms. The molecule has 3 aromatic rings. The number of halogens is 1. The molecule has 1 aromatic heterocycles. The number of nitrogens with zero attached hydrogens (tertiary/aromatic N) is 1. The summed E-state index contributed by atoms with van der Waals surface area (Å²) in [4.78, 5) is 15.2. The summed E-state index contributed by atoms with van der Waals surface area (Å²) in [6, 6.07) is 15.2. The number of benzene rings is 2. The highest BCUT2D eigenvalue weighted by Crippen LogP contribution is 2.43. The first-order chi connectivity index (χ1) is 13.6. The predicted molar refractivity (Wildman–Crippen MR) is 114 cm³/mol. The largest absolute Gasteiger partial charge is 0.496 e. The van der Waals surface area contributed by atoms with Crippen LogP contribution in [0.3, 0.4) is 0 Å². The minimum atomic E-state index is -0.771. The molecule has 1 aliphatic rings. The maximum atomic E-state index is 12.0. The van der Waals surface area contributed by atoms with Crippen molar-refractivity contribution >= 4 is 39.0 Å². The molecule has 2 unspecified atom stereocenters. The van der Waals surface area contributed by atoms with E-state index in [9.17, 15) is 9.90 Å². The van der Waals surface area contributed by atoms with Gasteiger partial charge in [-0.2, -0.15) is 0 Å². The Balaban J connectivity index is 1.90. The third-order valence-electron chi connectivity index (χ3n) is 5.36. The summed E-state index contributed by atoms with van der Waals surface area (Å²) in [5.74, 6) is -0.0478. The molecule has 28 heavy (non-hydrogen) atoms. The zero-order valence-electron chi connectivity index (χ0n) is 15.6. The number of ether oxygens (including phenoxy) is 1. The van der Waals surface area contributed by atoms with Gasteiger partial charge in [-0.1, -0.05) is 36.2 Å². The van der Waals surface area contributed by atoms with E-state index in [1.807, 2.05) is 24.3 Å². The molecule has 0 aliphatic carbocycles. The number of aliphatic carboxylic acids is 1. The topological polar surface area (TPSA) is 49.8 Å². The SMILES string of the molecule is COc1ccc(Cl)cc1C(c1cc2ccccc2s1)N1CCCCC1C(=O)O. The van der Waals surface area contributed by atoms with Crippen LogP contribution in [0.5, 0.6) is 5.75 Å². The van der Waals surface area contributed by atoms with Crippen molar-refractivity contribution in [2.24, 2.45) is 0 Å². The van der Waals surface area contributed by atoms with Gasteiger partial charge >= 0.3 is 5.97 Å². The molecule has 0 saturated carbocycles. The molecule has 2 heterocycles. The van der Waals surface area contributed by atoms with Gasteiger partial charge in [-0.15, -0.1) is 11.3 Å². The average Bonchev–Trinajstić information content (AvgIpc) is 3.12. The molecule has 2 atom stereocenters. The molecule has 0 bridgehead atoms. The van der Waals surface area contributed by atoms with E-state index in [-0.39, 0.29) is 6.04 Å². The molecular formula is C22H22ClNO3S. The van der Waals surface area contributed by atoms with E-state index in [1.54, 1.807) is 24.5 Å². The van der Waals surface area contributed by atoms with Crippen molar-refractivity contribution in [3.63, 3.8) is 0 Å². The van der Waals surface area contributed by atoms with Crippen molar-refractivity contribution in [1.82, 2.24) is 4.90 Å². The molecule has 4 nitrogen and oxygen atoms in total. The number of carboxylic acids is 1. The summed E-state index contributed by atoms with van der Waals surface area (Å²) >= 11 is 8.03. The fraction of sp³-hybridized carbons (Fsp3) is 0.318. The summed E-state index contributed by atoms with van der Waals surface area (Å²) in [5, 5.41) is 11.7.